The molecule has 0 bridgehead atoms. The quantitative estimate of drug-likeness (QED) is 0.129. The van der Waals surface area contributed by atoms with Crippen molar-refractivity contribution in [2.24, 2.45) is 0 Å². The maximum atomic E-state index is 9.25. The second kappa shape index (κ2) is 26.0. The zero-order chi connectivity index (χ0) is 67.7. The average Bonchev–Trinajstić information content (AvgIpc) is 0.706. The molecule has 0 atom stereocenters. The van der Waals surface area contributed by atoms with Crippen molar-refractivity contribution in [3.05, 3.63) is 367 Å². The molecule has 0 aliphatic carbocycles. The van der Waals surface area contributed by atoms with Crippen molar-refractivity contribution in [2.75, 3.05) is 0 Å². The van der Waals surface area contributed by atoms with Crippen molar-refractivity contribution in [2.45, 2.75) is 0 Å². The van der Waals surface area contributed by atoms with E-state index in [0.29, 0.717) is 5.46 Å². The molecule has 0 aromatic heterocycles. The Kier molecular flexibility index (Phi) is 15.9. The zero-order valence-corrected chi connectivity index (χ0v) is 58.0. The van der Waals surface area contributed by atoms with Gasteiger partial charge in [0.05, 0.1) is 0 Å². The molecule has 0 fully saturated rings. The molecule has 0 saturated heterocycles. The van der Waals surface area contributed by atoms with Gasteiger partial charge in [-0.1, -0.05) is 347 Å². The van der Waals surface area contributed by atoms with Gasteiger partial charge in [-0.2, -0.15) is 0 Å². The van der Waals surface area contributed by atoms with Crippen molar-refractivity contribution in [1.82, 2.24) is 0 Å². The highest BCUT2D eigenvalue weighted by Crippen LogP contribution is 2.45. The predicted molar refractivity (Wildman–Crippen MR) is 442 cm³/mol. The van der Waals surface area contributed by atoms with E-state index in [1.54, 1.807) is 12.1 Å². The van der Waals surface area contributed by atoms with E-state index >= 15 is 0 Å². The summed E-state index contributed by atoms with van der Waals surface area (Å²) in [6.45, 7) is 0. The van der Waals surface area contributed by atoms with E-state index in [1.165, 1.54) is 174 Å². The Morgan fingerprint density at radius 1 is 0.168 bits per heavy atom. The molecule has 5 heteroatoms. The molecule has 474 valence electrons. The monoisotopic (exact) mass is 1410 g/mol. The van der Waals surface area contributed by atoms with Crippen LogP contribution >= 0.6 is 31.9 Å². The highest BCUT2D eigenvalue weighted by Gasteiger charge is 2.19. The third kappa shape index (κ3) is 11.1. The van der Waals surface area contributed by atoms with Crippen LogP contribution in [-0.4, -0.2) is 17.2 Å². The van der Waals surface area contributed by atoms with Crippen LogP contribution in [0.5, 0.6) is 0 Å². The molecule has 0 saturated carbocycles. The summed E-state index contributed by atoms with van der Waals surface area (Å²) in [6.07, 6.45) is 0. The Morgan fingerprint density at radius 2 is 0.356 bits per heavy atom. The molecule has 20 rings (SSSR count). The lowest BCUT2D eigenvalue weighted by molar-refractivity contribution is 0.426. The van der Waals surface area contributed by atoms with Gasteiger partial charge in [0.25, 0.3) is 0 Å². The van der Waals surface area contributed by atoms with Crippen LogP contribution in [0.2, 0.25) is 0 Å². The second-order valence-electron chi connectivity index (χ2n) is 26.2. The Hall–Kier alpha value is -11.5. The van der Waals surface area contributed by atoms with Gasteiger partial charge in [-0.05, 0) is 233 Å². The molecular formula is C96H61BBr2O2. The van der Waals surface area contributed by atoms with E-state index < -0.39 is 7.12 Å². The van der Waals surface area contributed by atoms with E-state index in [9.17, 15) is 10.0 Å². The largest absolute Gasteiger partial charge is 0.488 e. The van der Waals surface area contributed by atoms with Crippen molar-refractivity contribution < 1.29 is 10.0 Å². The Labute approximate surface area is 601 Å². The van der Waals surface area contributed by atoms with Crippen molar-refractivity contribution in [3.8, 4) is 55.6 Å². The first kappa shape index (κ1) is 61.8. The van der Waals surface area contributed by atoms with Gasteiger partial charge in [0.1, 0.15) is 0 Å². The third-order valence-electron chi connectivity index (χ3n) is 20.5. The van der Waals surface area contributed by atoms with Crippen LogP contribution in [0.15, 0.2) is 367 Å². The maximum absolute atomic E-state index is 9.25. The van der Waals surface area contributed by atoms with E-state index in [2.05, 4.69) is 353 Å². The van der Waals surface area contributed by atoms with Gasteiger partial charge >= 0.3 is 7.12 Å². The van der Waals surface area contributed by atoms with Gasteiger partial charge in [0, 0.05) is 8.95 Å². The van der Waals surface area contributed by atoms with Crippen molar-refractivity contribution >= 4 is 174 Å². The second-order valence-corrected chi connectivity index (χ2v) is 27.9. The lowest BCUT2D eigenvalue weighted by Gasteiger charge is -2.17. The van der Waals surface area contributed by atoms with Crippen LogP contribution in [0.3, 0.4) is 0 Å². The minimum Gasteiger partial charge on any atom is -0.423 e. The third-order valence-corrected chi connectivity index (χ3v) is 21.8. The summed E-state index contributed by atoms with van der Waals surface area (Å²) < 4.78 is 2.29. The summed E-state index contributed by atoms with van der Waals surface area (Å²) in [7, 11) is -1.43. The summed E-state index contributed by atoms with van der Waals surface area (Å²) in [5.41, 5.74) is 12.6. The van der Waals surface area contributed by atoms with Crippen molar-refractivity contribution in [3.63, 3.8) is 0 Å². The van der Waals surface area contributed by atoms with Gasteiger partial charge in [-0.3, -0.25) is 0 Å². The topological polar surface area (TPSA) is 40.5 Å². The number of benzene rings is 20. The molecule has 0 amide bonds. The first-order valence-corrected chi connectivity index (χ1v) is 35.8. The number of hydrogen-bond acceptors (Lipinski definition) is 2. The molecule has 0 aliphatic rings. The smallest absolute Gasteiger partial charge is 0.423 e. The minimum atomic E-state index is -1.43. The van der Waals surface area contributed by atoms with E-state index in [1.807, 2.05) is 24.3 Å². The molecular weight excluding hydrogens is 1360 g/mol. The standard InChI is InChI=1S/C58H36.C20H15BO2.C18H10Br2/c1-3-15-43-41(13-1)33-53(47-19-7-5-17-45(43)47)37-25-29-39(30-26-37)55-35-57-52-24-12-10-22-50(52)56(36-58(57)51-23-11-9-21-49(51)55)40-31-27-38(28-32-40)54-34-42-14-2-4-16-44(42)46-18-6-8-20-48(46)54;22-21(23)16-11-9-14(10-12-16)20-13-15-5-1-2-6-17(15)18-7-3-4-8-19(18)20;19-17-10-16-12-6-2-4-8-14(12)18(20)9-15(16)11-5-1-3-7-13(11)17/h1-36H;1-13,22-23H;1-10H. The molecule has 20 aromatic carbocycles. The van der Waals surface area contributed by atoms with Crippen LogP contribution in [0.4, 0.5) is 0 Å². The summed E-state index contributed by atoms with van der Waals surface area (Å²) in [5.74, 6) is 0. The fourth-order valence-electron chi connectivity index (χ4n) is 15.7. The van der Waals surface area contributed by atoms with Gasteiger partial charge in [-0.25, -0.2) is 0 Å². The van der Waals surface area contributed by atoms with E-state index in [4.69, 9.17) is 0 Å². The molecule has 0 unspecified atom stereocenters. The average molecular weight is 1420 g/mol. The molecule has 20 aromatic rings. The molecule has 0 heterocycles. The van der Waals surface area contributed by atoms with Crippen LogP contribution in [0.1, 0.15) is 0 Å². The molecule has 0 radical (unpaired) electrons. The summed E-state index contributed by atoms with van der Waals surface area (Å²) in [4.78, 5) is 0. The Balaban J connectivity index is 0.000000138. The van der Waals surface area contributed by atoms with Gasteiger partial charge in [0.2, 0.25) is 0 Å². The Morgan fingerprint density at radius 3 is 0.624 bits per heavy atom. The maximum Gasteiger partial charge on any atom is 0.488 e. The summed E-state index contributed by atoms with van der Waals surface area (Å²) in [5, 5.41) is 48.9. The highest BCUT2D eigenvalue weighted by atomic mass is 79.9. The lowest BCUT2D eigenvalue weighted by atomic mass is 9.79. The molecule has 2 nitrogen and oxygen atoms in total. The number of fused-ring (bicyclic) bond motifs is 19. The summed E-state index contributed by atoms with van der Waals surface area (Å²) >= 11 is 7.42. The molecule has 0 spiro atoms. The Bertz CT molecular complexity index is 6360. The van der Waals surface area contributed by atoms with Crippen LogP contribution in [-0.2, 0) is 0 Å². The van der Waals surface area contributed by atoms with Crippen LogP contribution < -0.4 is 5.46 Å². The molecule has 2 N–H and O–H groups in total. The fourth-order valence-corrected chi connectivity index (χ4v) is 16.8. The fraction of sp³-hybridized carbons (Fsp3) is 0. The normalized spacial score (nSPS) is 11.6. The number of halogens is 2. The highest BCUT2D eigenvalue weighted by molar-refractivity contribution is 9.11. The SMILES string of the molecule is Brc1cc2c3ccccc3c(Br)cc2c2ccccc12.OB(O)c1ccc(-c2cc3ccccc3c3ccccc23)cc1.c1ccc2c(c1)cc(-c1ccc(-c3cc4c5ccccc5c(-c5ccc(-c6cc7ccccc7c7ccccc67)cc5)cc4c4ccccc34)cc1)c1ccccc12. The first-order valence-electron chi connectivity index (χ1n) is 34.2. The predicted octanol–water partition coefficient (Wildman–Crippen LogP) is 26.4. The van der Waals surface area contributed by atoms with Crippen LogP contribution in [0.25, 0.3) is 185 Å². The summed E-state index contributed by atoms with van der Waals surface area (Å²) in [6, 6.07) is 129. The first-order chi connectivity index (χ1) is 49.8. The number of hydrogen-bond donors (Lipinski definition) is 2. The zero-order valence-electron chi connectivity index (χ0n) is 54.8. The van der Waals surface area contributed by atoms with E-state index in [-0.39, 0.29) is 0 Å². The van der Waals surface area contributed by atoms with Gasteiger partial charge in [-0.15, -0.1) is 0 Å². The lowest BCUT2D eigenvalue weighted by Crippen LogP contribution is -2.29. The van der Waals surface area contributed by atoms with Gasteiger partial charge < -0.3 is 10.0 Å². The molecule has 0 aliphatic heterocycles. The minimum absolute atomic E-state index is 0.499. The van der Waals surface area contributed by atoms with Crippen molar-refractivity contribution in [1.29, 1.82) is 0 Å². The van der Waals surface area contributed by atoms with Gasteiger partial charge in [0.15, 0.2) is 0 Å². The molecule has 101 heavy (non-hydrogen) atoms. The number of rotatable bonds is 6. The van der Waals surface area contributed by atoms with Crippen LogP contribution in [0, 0.1) is 0 Å². The van der Waals surface area contributed by atoms with E-state index in [0.717, 1.165) is 20.1 Å².